The van der Waals surface area contributed by atoms with Crippen LogP contribution in [0.2, 0.25) is 5.02 Å². The summed E-state index contributed by atoms with van der Waals surface area (Å²) in [7, 11) is 3.87. The number of allylic oxidation sites excluding steroid dienone is 3. The van der Waals surface area contributed by atoms with Crippen LogP contribution in [0.3, 0.4) is 0 Å². The second-order valence-electron chi connectivity index (χ2n) is 28.4. The summed E-state index contributed by atoms with van der Waals surface area (Å²) in [5.74, 6) is 1.29. The van der Waals surface area contributed by atoms with Crippen molar-refractivity contribution in [3.05, 3.63) is 118 Å². The number of benzene rings is 2. The van der Waals surface area contributed by atoms with E-state index >= 15 is 0 Å². The Balaban J connectivity index is 1.22. The molecule has 6 N–H and O–H groups in total. The Morgan fingerprint density at radius 3 is 2.13 bits per heavy atom. The topological polar surface area (TPSA) is 127 Å². The van der Waals surface area contributed by atoms with E-state index in [2.05, 4.69) is 129 Å². The molecule has 528 valence electrons. The molecule has 2 aromatic carbocycles. The summed E-state index contributed by atoms with van der Waals surface area (Å²) in [4.78, 5) is 30.9. The maximum atomic E-state index is 14.8. The van der Waals surface area contributed by atoms with Crippen LogP contribution in [0.1, 0.15) is 163 Å². The lowest BCUT2D eigenvalue weighted by molar-refractivity contribution is -0.165. The predicted octanol–water partition coefficient (Wildman–Crippen LogP) is 12.8. The highest BCUT2D eigenvalue weighted by Crippen LogP contribution is 2.42. The fourth-order valence-corrected chi connectivity index (χ4v) is 15.3. The summed E-state index contributed by atoms with van der Waals surface area (Å²) in [6.45, 7) is 32.3. The number of nitrogens with one attached hydrogen (secondary N) is 6. The normalized spacial score (nSPS) is 28.4. The van der Waals surface area contributed by atoms with Crippen LogP contribution in [-0.4, -0.2) is 176 Å². The second-order valence-corrected chi connectivity index (χ2v) is 28.8. The summed E-state index contributed by atoms with van der Waals surface area (Å²) in [6, 6.07) is 10.3. The molecular weight excluding hydrogens is 1230 g/mol. The number of carbonyl (C=O) groups is 1. The first kappa shape index (κ1) is 76.7. The molecule has 1 saturated carbocycles. The van der Waals surface area contributed by atoms with Gasteiger partial charge in [-0.05, 0) is 145 Å². The van der Waals surface area contributed by atoms with Gasteiger partial charge >= 0.3 is 12.4 Å². The third-order valence-corrected chi connectivity index (χ3v) is 21.4. The average Bonchev–Trinajstić information content (AvgIpc) is 0.828. The Bertz CT molecular complexity index is 2820. The van der Waals surface area contributed by atoms with Crippen LogP contribution >= 0.6 is 11.6 Å². The van der Waals surface area contributed by atoms with Crippen molar-refractivity contribution in [1.82, 2.24) is 56.4 Å². The number of fused-ring (bicyclic) bond motifs is 2. The summed E-state index contributed by atoms with van der Waals surface area (Å²) in [6.07, 6.45) is 12.8. The third kappa shape index (κ3) is 21.4. The fourth-order valence-electron chi connectivity index (χ4n) is 15.0. The van der Waals surface area contributed by atoms with Gasteiger partial charge in [-0.2, -0.15) is 26.3 Å². The van der Waals surface area contributed by atoms with Crippen molar-refractivity contribution in [2.24, 2.45) is 28.7 Å². The van der Waals surface area contributed by atoms with Gasteiger partial charge in [0, 0.05) is 175 Å². The van der Waals surface area contributed by atoms with E-state index in [1.165, 1.54) is 30.0 Å². The molecule has 0 radical (unpaired) electrons. The summed E-state index contributed by atoms with van der Waals surface area (Å²) >= 11 is 6.17. The first-order valence-corrected chi connectivity index (χ1v) is 35.6. The summed E-state index contributed by atoms with van der Waals surface area (Å²) < 4.78 is 88.2. The van der Waals surface area contributed by atoms with Crippen LogP contribution in [0, 0.1) is 23.7 Å². The number of alkyl halides is 6. The molecule has 4 aliphatic heterocycles. The number of morpholine rings is 1. The Kier molecular flexibility index (Phi) is 29.1. The van der Waals surface area contributed by atoms with E-state index in [9.17, 15) is 31.1 Å². The van der Waals surface area contributed by atoms with Gasteiger partial charge in [-0.1, -0.05) is 97.0 Å². The lowest BCUT2D eigenvalue weighted by atomic mass is 9.74. The van der Waals surface area contributed by atoms with Crippen molar-refractivity contribution in [2.45, 2.75) is 225 Å². The molecule has 1 spiro atoms. The molecule has 14 nitrogen and oxygen atoms in total. The maximum absolute atomic E-state index is 14.8. The molecule has 0 aromatic heterocycles. The number of ether oxygens (including phenoxy) is 1. The standard InChI is InChI=1S/C73H115ClF6N12O2/c1-14-50(5)66-44-85-65(41-49(3)4)53(8)84-45-67-68(70(93)90-37-39-94-40-38-90)56(11)92(67)69(51(6)15-2)54(9)87-71(29-16-17-30-71)48-82-33-32-81-31-28-60(26-22-58-23-27-63(64(74)43-58)73(78,79)80)83-34-36-88(12)46-62(42-57-20-24-59(25-21-57)72(75,76)77)89(13)47-61-19-18-35-91(61)55(10)52(7)86-66/h20-21,23-25,27-28,31,34,36,43,46-47,49-56,65-69,81-82,84-87H,14-19,22,26,29-30,32-33,35,37-42,44-45,48H2,1-13H3/t50-,51-,52?,53?,54?,55-,56?,65-,66+,67?,68-,69-/m0/s1. The number of aliphatic imine (C=N–C) groups is 1. The zero-order valence-electron chi connectivity index (χ0n) is 58.7. The van der Waals surface area contributed by atoms with Gasteiger partial charge in [-0.3, -0.25) is 14.7 Å². The van der Waals surface area contributed by atoms with E-state index in [0.717, 1.165) is 107 Å². The minimum atomic E-state index is -4.57. The van der Waals surface area contributed by atoms with Crippen LogP contribution in [0.5, 0.6) is 0 Å². The second kappa shape index (κ2) is 35.7. The monoisotopic (exact) mass is 1340 g/mol. The van der Waals surface area contributed by atoms with Gasteiger partial charge in [0.2, 0.25) is 5.91 Å². The number of aryl methyl sites for hydroxylation is 1. The van der Waals surface area contributed by atoms with Gasteiger partial charge in [0.15, 0.2) is 0 Å². The Hall–Kier alpha value is -4.67. The molecule has 5 unspecified atom stereocenters. The van der Waals surface area contributed by atoms with Gasteiger partial charge in [-0.25, -0.2) is 0 Å². The van der Waals surface area contributed by atoms with Crippen molar-refractivity contribution in [3.63, 3.8) is 0 Å². The zero-order valence-corrected chi connectivity index (χ0v) is 59.5. The van der Waals surface area contributed by atoms with Crippen LogP contribution < -0.4 is 31.9 Å². The Morgan fingerprint density at radius 1 is 0.787 bits per heavy atom. The number of amides is 1. The van der Waals surface area contributed by atoms with Crippen LogP contribution in [0.4, 0.5) is 26.3 Å². The maximum Gasteiger partial charge on any atom is 0.417 e. The van der Waals surface area contributed by atoms with Gasteiger partial charge in [-0.15, -0.1) is 0 Å². The van der Waals surface area contributed by atoms with Gasteiger partial charge in [0.25, 0.3) is 0 Å². The first-order valence-electron chi connectivity index (χ1n) is 35.3. The molecular formula is C73H115ClF6N12O2. The van der Waals surface area contributed by atoms with Gasteiger partial charge < -0.3 is 56.2 Å². The van der Waals surface area contributed by atoms with Crippen molar-refractivity contribution >= 4 is 23.2 Å². The van der Waals surface area contributed by atoms with Gasteiger partial charge in [0.1, 0.15) is 0 Å². The Morgan fingerprint density at radius 2 is 1.48 bits per heavy atom. The number of likely N-dealkylation sites (N-methyl/N-ethyl adjacent to an activating group) is 1. The first-order chi connectivity index (χ1) is 44.6. The molecule has 4 heterocycles. The highest BCUT2D eigenvalue weighted by atomic mass is 35.5. The van der Waals surface area contributed by atoms with Crippen LogP contribution in [-0.2, 0) is 34.7 Å². The van der Waals surface area contributed by atoms with E-state index in [1.54, 1.807) is 6.20 Å². The molecule has 5 aliphatic rings. The van der Waals surface area contributed by atoms with E-state index in [4.69, 9.17) is 21.3 Å². The zero-order chi connectivity index (χ0) is 68.5. The number of nitrogens with zero attached hydrogens (tertiary/aromatic N) is 6. The molecule has 4 fully saturated rings. The predicted molar refractivity (Wildman–Crippen MR) is 371 cm³/mol. The number of hydrogen-bond acceptors (Lipinski definition) is 13. The third-order valence-electron chi connectivity index (χ3n) is 21.0. The van der Waals surface area contributed by atoms with E-state index in [0.29, 0.717) is 94.2 Å². The molecule has 3 saturated heterocycles. The Labute approximate surface area is 565 Å². The SMILES string of the molecule is CC[C@H](C)[C@H]1C(C)NC2(CCCC2)CNCCNC=CC(CCc2ccc(C(F)(F)F)c(Cl)c2)=NC=CN(C)C=C(Cc2ccc(C(F)(F)F)cc2)N(C)C=C2CCCN2[C@@H](C)C(C)N[C@@H]([C@@H](C)CC)CN[C@@H](CC(C)C)C(C)NCC2[C@@H](C(=O)N3CCOCC3)C(C)N21. The van der Waals surface area contributed by atoms with E-state index < -0.39 is 23.5 Å². The average molecular weight is 1340 g/mol. The van der Waals surface area contributed by atoms with Crippen LogP contribution in [0.25, 0.3) is 0 Å². The van der Waals surface area contributed by atoms with Crippen molar-refractivity contribution in [1.29, 1.82) is 0 Å². The summed E-state index contributed by atoms with van der Waals surface area (Å²) in [5.41, 5.74) is 2.37. The van der Waals surface area contributed by atoms with Crippen molar-refractivity contribution in [2.75, 3.05) is 79.7 Å². The van der Waals surface area contributed by atoms with Gasteiger partial charge in [0.05, 0.1) is 35.3 Å². The number of carbonyl (C=O) groups excluding carboxylic acids is 1. The minimum absolute atomic E-state index is 0.00409. The van der Waals surface area contributed by atoms with E-state index in [-0.39, 0.29) is 76.8 Å². The minimum Gasteiger partial charge on any atom is -0.390 e. The fraction of sp³-hybridized carbons (Fsp3) is 0.699. The smallest absolute Gasteiger partial charge is 0.390 e. The molecule has 1 amide bonds. The van der Waals surface area contributed by atoms with Crippen molar-refractivity contribution in [3.8, 4) is 0 Å². The van der Waals surface area contributed by atoms with Crippen molar-refractivity contribution < 1.29 is 35.9 Å². The molecule has 2 aromatic rings. The molecule has 1 aliphatic carbocycles. The quantitative estimate of drug-likeness (QED) is 0.113. The number of halogens is 7. The highest BCUT2D eigenvalue weighted by Gasteiger charge is 2.55. The molecule has 94 heavy (non-hydrogen) atoms. The molecule has 12 atom stereocenters. The number of hydrogen-bond donors (Lipinski definition) is 6. The molecule has 7 rings (SSSR count). The summed E-state index contributed by atoms with van der Waals surface area (Å²) in [5, 5.41) is 23.5. The lowest BCUT2D eigenvalue weighted by Crippen LogP contribution is -2.76. The largest absolute Gasteiger partial charge is 0.417 e. The lowest BCUT2D eigenvalue weighted by Gasteiger charge is -2.60. The molecule has 21 heteroatoms. The number of rotatable bonds is 12. The van der Waals surface area contributed by atoms with E-state index in [1.807, 2.05) is 48.6 Å². The molecule has 0 bridgehead atoms. The highest BCUT2D eigenvalue weighted by molar-refractivity contribution is 6.31. The van der Waals surface area contributed by atoms with Crippen LogP contribution in [0.15, 0.2) is 95.9 Å².